The van der Waals surface area contributed by atoms with Gasteiger partial charge in [-0.05, 0) is 31.4 Å². The van der Waals surface area contributed by atoms with Crippen LogP contribution in [0.15, 0.2) is 0 Å². The number of nitrogens with zero attached hydrogens (tertiary/aromatic N) is 1. The third-order valence-electron chi connectivity index (χ3n) is 3.53. The van der Waals surface area contributed by atoms with E-state index in [0.717, 1.165) is 30.1 Å². The third-order valence-corrected chi connectivity index (χ3v) is 5.85. The van der Waals surface area contributed by atoms with Crippen LogP contribution >= 0.6 is 23.5 Å². The van der Waals surface area contributed by atoms with Gasteiger partial charge in [-0.25, -0.2) is 0 Å². The molecule has 0 bridgehead atoms. The Morgan fingerprint density at radius 1 is 1.47 bits per heavy atom. The van der Waals surface area contributed by atoms with E-state index in [0.29, 0.717) is 6.04 Å². The largest absolute Gasteiger partial charge is 0.480 e. The van der Waals surface area contributed by atoms with E-state index in [1.54, 1.807) is 11.8 Å². The maximum absolute atomic E-state index is 11.5. The molecule has 0 aromatic heterocycles. The zero-order valence-electron chi connectivity index (χ0n) is 8.94. The van der Waals surface area contributed by atoms with Crippen LogP contribution in [0.25, 0.3) is 0 Å². The van der Waals surface area contributed by atoms with Gasteiger partial charge in [0.2, 0.25) is 0 Å². The first-order chi connectivity index (χ1) is 7.17. The summed E-state index contributed by atoms with van der Waals surface area (Å²) in [6, 6.07) is 0.463. The van der Waals surface area contributed by atoms with Crippen molar-refractivity contribution in [3.05, 3.63) is 0 Å². The predicted molar refractivity (Wildman–Crippen MR) is 65.8 cm³/mol. The molecule has 3 nitrogen and oxygen atoms in total. The standard InChI is InChI=1S/C10H17NO2S2/c1-11(8-2-4-14-6-8)10(9(12)13)3-5-15-7-10/h8H,2-7H2,1H3,(H,12,13). The molecule has 2 rings (SSSR count). The maximum atomic E-state index is 11.5. The maximum Gasteiger partial charge on any atom is 0.325 e. The van der Waals surface area contributed by atoms with Gasteiger partial charge in [-0.3, -0.25) is 9.69 Å². The van der Waals surface area contributed by atoms with Crippen molar-refractivity contribution in [1.82, 2.24) is 4.90 Å². The molecule has 86 valence electrons. The molecule has 0 aromatic rings. The van der Waals surface area contributed by atoms with Crippen molar-refractivity contribution in [2.45, 2.75) is 24.4 Å². The zero-order chi connectivity index (χ0) is 10.9. The highest BCUT2D eigenvalue weighted by Gasteiger charge is 2.48. The average Bonchev–Trinajstić information content (AvgIpc) is 2.89. The predicted octanol–water partition coefficient (Wildman–Crippen LogP) is 1.38. The molecule has 15 heavy (non-hydrogen) atoms. The molecule has 0 amide bonds. The summed E-state index contributed by atoms with van der Waals surface area (Å²) in [6.07, 6.45) is 1.94. The van der Waals surface area contributed by atoms with E-state index in [1.807, 2.05) is 18.8 Å². The number of rotatable bonds is 3. The van der Waals surface area contributed by atoms with Gasteiger partial charge in [-0.1, -0.05) is 0 Å². The lowest BCUT2D eigenvalue weighted by atomic mass is 9.95. The van der Waals surface area contributed by atoms with Gasteiger partial charge in [0.15, 0.2) is 0 Å². The first-order valence-electron chi connectivity index (χ1n) is 5.29. The highest BCUT2D eigenvalue weighted by molar-refractivity contribution is 7.99. The van der Waals surface area contributed by atoms with Crippen molar-refractivity contribution in [3.8, 4) is 0 Å². The fourth-order valence-electron chi connectivity index (χ4n) is 2.33. The summed E-state index contributed by atoms with van der Waals surface area (Å²) < 4.78 is 0. The molecule has 2 atom stereocenters. The van der Waals surface area contributed by atoms with E-state index in [1.165, 1.54) is 5.75 Å². The molecule has 5 heteroatoms. The molecule has 0 aromatic carbocycles. The van der Waals surface area contributed by atoms with Gasteiger partial charge < -0.3 is 5.11 Å². The highest BCUT2D eigenvalue weighted by Crippen LogP contribution is 2.36. The highest BCUT2D eigenvalue weighted by atomic mass is 32.2. The fraction of sp³-hybridized carbons (Fsp3) is 0.900. The topological polar surface area (TPSA) is 40.5 Å². The minimum absolute atomic E-state index is 0.463. The Bertz CT molecular complexity index is 248. The van der Waals surface area contributed by atoms with Crippen LogP contribution in [0, 0.1) is 0 Å². The van der Waals surface area contributed by atoms with Crippen LogP contribution in [0.1, 0.15) is 12.8 Å². The lowest BCUT2D eigenvalue weighted by molar-refractivity contribution is -0.150. The lowest BCUT2D eigenvalue weighted by Gasteiger charge is -2.38. The molecule has 2 aliphatic heterocycles. The van der Waals surface area contributed by atoms with E-state index < -0.39 is 11.5 Å². The molecular weight excluding hydrogens is 230 g/mol. The Labute approximate surface area is 99.0 Å². The summed E-state index contributed by atoms with van der Waals surface area (Å²) in [5.74, 6) is 3.37. The molecule has 1 N–H and O–H groups in total. The van der Waals surface area contributed by atoms with Crippen LogP contribution < -0.4 is 0 Å². The van der Waals surface area contributed by atoms with E-state index in [2.05, 4.69) is 4.90 Å². The smallest absolute Gasteiger partial charge is 0.325 e. The molecule has 2 aliphatic rings. The van der Waals surface area contributed by atoms with Crippen LogP contribution in [0.5, 0.6) is 0 Å². The number of hydrogen-bond acceptors (Lipinski definition) is 4. The van der Waals surface area contributed by atoms with Crippen molar-refractivity contribution in [2.75, 3.05) is 30.1 Å². The minimum atomic E-state index is -0.632. The number of carboxylic acids is 1. The van der Waals surface area contributed by atoms with E-state index in [-0.39, 0.29) is 0 Å². The zero-order valence-corrected chi connectivity index (χ0v) is 10.6. The summed E-state index contributed by atoms with van der Waals surface area (Å²) >= 11 is 3.71. The SMILES string of the molecule is CN(C1CCSC1)C1(C(=O)O)CCSC1. The summed E-state index contributed by atoms with van der Waals surface area (Å²) in [6.45, 7) is 0. The Morgan fingerprint density at radius 3 is 2.73 bits per heavy atom. The first-order valence-corrected chi connectivity index (χ1v) is 7.59. The van der Waals surface area contributed by atoms with Crippen LogP contribution in [-0.4, -0.2) is 57.6 Å². The van der Waals surface area contributed by atoms with Crippen molar-refractivity contribution >= 4 is 29.5 Å². The Hall–Kier alpha value is 0.130. The van der Waals surface area contributed by atoms with Gasteiger partial charge in [-0.15, -0.1) is 0 Å². The van der Waals surface area contributed by atoms with Crippen LogP contribution in [0.2, 0.25) is 0 Å². The van der Waals surface area contributed by atoms with E-state index in [9.17, 15) is 9.90 Å². The molecule has 2 fully saturated rings. The lowest BCUT2D eigenvalue weighted by Crippen LogP contribution is -2.57. The number of carboxylic acid groups (broad SMARTS) is 1. The Morgan fingerprint density at radius 2 is 2.27 bits per heavy atom. The molecule has 2 saturated heterocycles. The van der Waals surface area contributed by atoms with Crippen LogP contribution in [-0.2, 0) is 4.79 Å². The monoisotopic (exact) mass is 247 g/mol. The quantitative estimate of drug-likeness (QED) is 0.816. The molecule has 2 unspecified atom stereocenters. The molecule has 0 aliphatic carbocycles. The summed E-state index contributed by atoms with van der Waals surface area (Å²) in [5.41, 5.74) is -0.583. The van der Waals surface area contributed by atoms with Gasteiger partial charge >= 0.3 is 5.97 Å². The second-order valence-corrected chi connectivity index (χ2v) is 6.52. The number of thioether (sulfide) groups is 2. The fourth-order valence-corrected chi connectivity index (χ4v) is 5.03. The number of hydrogen-bond donors (Lipinski definition) is 1. The number of likely N-dealkylation sites (N-methyl/N-ethyl adjacent to an activating group) is 1. The summed E-state index contributed by atoms with van der Waals surface area (Å²) in [5, 5.41) is 9.43. The molecule has 0 radical (unpaired) electrons. The van der Waals surface area contributed by atoms with Crippen molar-refractivity contribution in [1.29, 1.82) is 0 Å². The second kappa shape index (κ2) is 4.55. The van der Waals surface area contributed by atoms with Crippen molar-refractivity contribution in [2.24, 2.45) is 0 Å². The van der Waals surface area contributed by atoms with E-state index >= 15 is 0 Å². The molecule has 0 saturated carbocycles. The summed E-state index contributed by atoms with van der Waals surface area (Å²) in [7, 11) is 2.00. The van der Waals surface area contributed by atoms with Gasteiger partial charge in [0.05, 0.1) is 0 Å². The molecule has 2 heterocycles. The average molecular weight is 247 g/mol. The van der Waals surface area contributed by atoms with E-state index in [4.69, 9.17) is 0 Å². The van der Waals surface area contributed by atoms with Gasteiger partial charge in [0, 0.05) is 17.5 Å². The van der Waals surface area contributed by atoms with Crippen molar-refractivity contribution in [3.63, 3.8) is 0 Å². The Balaban J connectivity index is 2.13. The number of carbonyl (C=O) groups is 1. The summed E-state index contributed by atoms with van der Waals surface area (Å²) in [4.78, 5) is 13.6. The van der Waals surface area contributed by atoms with Gasteiger partial charge in [0.1, 0.15) is 5.54 Å². The number of aliphatic carboxylic acids is 1. The third kappa shape index (κ3) is 2.01. The normalized spacial score (nSPS) is 36.3. The van der Waals surface area contributed by atoms with Gasteiger partial charge in [-0.2, -0.15) is 23.5 Å². The van der Waals surface area contributed by atoms with Gasteiger partial charge in [0.25, 0.3) is 0 Å². The second-order valence-electron chi connectivity index (χ2n) is 4.27. The van der Waals surface area contributed by atoms with Crippen molar-refractivity contribution < 1.29 is 9.90 Å². The van der Waals surface area contributed by atoms with Crippen LogP contribution in [0.4, 0.5) is 0 Å². The van der Waals surface area contributed by atoms with Crippen LogP contribution in [0.3, 0.4) is 0 Å². The molecule has 0 spiro atoms. The minimum Gasteiger partial charge on any atom is -0.480 e. The Kier molecular flexibility index (Phi) is 3.52. The molecular formula is C10H17NO2S2. The first kappa shape index (κ1) is 11.6.